The van der Waals surface area contributed by atoms with Crippen molar-refractivity contribution >= 4 is 34.2 Å². The highest BCUT2D eigenvalue weighted by molar-refractivity contribution is 14.1. The smallest absolute Gasteiger partial charge is 0.0591 e. The molecule has 1 aromatic rings. The van der Waals surface area contributed by atoms with E-state index in [0.29, 0.717) is 0 Å². The lowest BCUT2D eigenvalue weighted by atomic mass is 10.0. The van der Waals surface area contributed by atoms with Crippen LogP contribution in [0.2, 0.25) is 0 Å². The second kappa shape index (κ2) is 3.12. The number of anilines is 2. The average molecular weight is 274 g/mol. The Morgan fingerprint density at radius 1 is 1.42 bits per heavy atom. The number of nitrogen functional groups attached to an aromatic ring is 1. The van der Waals surface area contributed by atoms with Gasteiger partial charge in [0.05, 0.1) is 28.6 Å². The first kappa shape index (κ1) is 8.16. The zero-order valence-corrected chi connectivity index (χ0v) is 8.91. The van der Waals surface area contributed by atoms with Crippen LogP contribution >= 0.6 is 22.9 Å². The van der Waals surface area contributed by atoms with Crippen LogP contribution < -0.4 is 8.85 Å². The molecule has 2 nitrogen and oxygen atoms in total. The largest absolute Gasteiger partial charge is 0.399 e. The minimum atomic E-state index is 0.859. The van der Waals surface area contributed by atoms with E-state index in [1.54, 1.807) is 0 Å². The summed E-state index contributed by atoms with van der Waals surface area (Å²) in [7, 11) is 0. The fourth-order valence-electron chi connectivity index (χ4n) is 1.55. The lowest BCUT2D eigenvalue weighted by Crippen LogP contribution is -2.18. The number of nitrogens with two attached hydrogens (primary N) is 1. The van der Waals surface area contributed by atoms with Crippen molar-refractivity contribution in [1.82, 2.24) is 0 Å². The molecule has 64 valence electrons. The third kappa shape index (κ3) is 1.37. The van der Waals surface area contributed by atoms with Crippen LogP contribution in [0.25, 0.3) is 0 Å². The Balaban J connectivity index is 2.47. The van der Waals surface area contributed by atoms with E-state index in [1.165, 1.54) is 24.1 Å². The first-order chi connectivity index (χ1) is 5.77. The van der Waals surface area contributed by atoms with Crippen molar-refractivity contribution in [3.63, 3.8) is 0 Å². The van der Waals surface area contributed by atoms with Gasteiger partial charge in [-0.3, -0.25) is 0 Å². The molecule has 0 atom stereocenters. The number of benzene rings is 1. The minimum Gasteiger partial charge on any atom is -0.399 e. The van der Waals surface area contributed by atoms with Gasteiger partial charge in [0, 0.05) is 12.2 Å². The molecule has 2 rings (SSSR count). The Labute approximate surface area is 86.2 Å². The molecular formula is C9H11IN2. The van der Waals surface area contributed by atoms with Crippen LogP contribution in [-0.2, 0) is 6.42 Å². The van der Waals surface area contributed by atoms with Crippen molar-refractivity contribution < 1.29 is 0 Å². The lowest BCUT2D eigenvalue weighted by molar-refractivity contribution is 0.806. The summed E-state index contributed by atoms with van der Waals surface area (Å²) in [6.07, 6.45) is 2.44. The molecule has 1 aliphatic heterocycles. The van der Waals surface area contributed by atoms with Crippen molar-refractivity contribution in [2.45, 2.75) is 12.8 Å². The van der Waals surface area contributed by atoms with Gasteiger partial charge in [-0.15, -0.1) is 0 Å². The molecule has 0 unspecified atom stereocenters. The number of rotatable bonds is 0. The molecule has 0 amide bonds. The molecule has 0 bridgehead atoms. The summed E-state index contributed by atoms with van der Waals surface area (Å²) in [5, 5.41) is 0. The highest BCUT2D eigenvalue weighted by atomic mass is 127. The summed E-state index contributed by atoms with van der Waals surface area (Å²) in [6, 6.07) is 6.17. The van der Waals surface area contributed by atoms with Crippen LogP contribution in [0.5, 0.6) is 0 Å². The maximum atomic E-state index is 5.71. The average Bonchev–Trinajstić information content (AvgIpc) is 2.07. The highest BCUT2D eigenvalue weighted by Crippen LogP contribution is 2.31. The van der Waals surface area contributed by atoms with Gasteiger partial charge in [-0.05, 0) is 30.5 Å². The van der Waals surface area contributed by atoms with Gasteiger partial charge >= 0.3 is 0 Å². The predicted molar refractivity (Wildman–Crippen MR) is 60.5 cm³/mol. The van der Waals surface area contributed by atoms with Crippen molar-refractivity contribution in [2.75, 3.05) is 15.4 Å². The molecule has 1 heterocycles. The molecule has 2 N–H and O–H groups in total. The Hall–Kier alpha value is -0.450. The summed E-state index contributed by atoms with van der Waals surface area (Å²) in [5.74, 6) is 0. The fourth-order valence-corrected chi connectivity index (χ4v) is 2.34. The summed E-state index contributed by atoms with van der Waals surface area (Å²) >= 11 is 2.34. The summed E-state index contributed by atoms with van der Waals surface area (Å²) in [5.41, 5.74) is 9.29. The molecule has 0 aliphatic carbocycles. The zero-order chi connectivity index (χ0) is 8.55. The Kier molecular flexibility index (Phi) is 2.12. The van der Waals surface area contributed by atoms with E-state index in [4.69, 9.17) is 5.73 Å². The lowest BCUT2D eigenvalue weighted by Gasteiger charge is -2.25. The molecular weight excluding hydrogens is 263 g/mol. The summed E-state index contributed by atoms with van der Waals surface area (Å²) in [6.45, 7) is 1.14. The Bertz CT molecular complexity index is 299. The number of aryl methyl sites for hydroxylation is 1. The maximum Gasteiger partial charge on any atom is 0.0591 e. The predicted octanol–water partition coefficient (Wildman–Crippen LogP) is 2.37. The third-order valence-electron chi connectivity index (χ3n) is 2.17. The van der Waals surface area contributed by atoms with Crippen LogP contribution in [0, 0.1) is 0 Å². The monoisotopic (exact) mass is 274 g/mol. The van der Waals surface area contributed by atoms with E-state index in [-0.39, 0.29) is 0 Å². The summed E-state index contributed by atoms with van der Waals surface area (Å²) < 4.78 is 2.24. The van der Waals surface area contributed by atoms with Crippen LogP contribution in [-0.4, -0.2) is 6.54 Å². The van der Waals surface area contributed by atoms with Crippen LogP contribution in [0.4, 0.5) is 11.4 Å². The molecule has 3 heteroatoms. The zero-order valence-electron chi connectivity index (χ0n) is 6.76. The first-order valence-electron chi connectivity index (χ1n) is 4.09. The van der Waals surface area contributed by atoms with E-state index in [1.807, 2.05) is 6.07 Å². The van der Waals surface area contributed by atoms with Gasteiger partial charge < -0.3 is 8.85 Å². The second-order valence-corrected chi connectivity index (χ2v) is 4.24. The van der Waals surface area contributed by atoms with E-state index in [0.717, 1.165) is 12.2 Å². The standard InChI is InChI=1S/C9H11IN2/c10-12-5-1-2-7-3-4-8(11)6-9(7)12/h3-4,6H,1-2,5,11H2. The fraction of sp³-hybridized carbons (Fsp3) is 0.333. The van der Waals surface area contributed by atoms with Crippen molar-refractivity contribution in [3.8, 4) is 0 Å². The molecule has 1 aliphatic rings. The molecule has 0 aromatic heterocycles. The van der Waals surface area contributed by atoms with Gasteiger partial charge in [0.25, 0.3) is 0 Å². The molecule has 1 aromatic carbocycles. The molecule has 12 heavy (non-hydrogen) atoms. The molecule has 0 saturated carbocycles. The first-order valence-corrected chi connectivity index (χ1v) is 5.05. The van der Waals surface area contributed by atoms with Crippen molar-refractivity contribution in [1.29, 1.82) is 0 Å². The van der Waals surface area contributed by atoms with Crippen molar-refractivity contribution in [3.05, 3.63) is 23.8 Å². The van der Waals surface area contributed by atoms with Gasteiger partial charge in [-0.1, -0.05) is 6.07 Å². The van der Waals surface area contributed by atoms with Crippen LogP contribution in [0.1, 0.15) is 12.0 Å². The third-order valence-corrected chi connectivity index (χ3v) is 3.17. The van der Waals surface area contributed by atoms with E-state index in [2.05, 4.69) is 38.1 Å². The Morgan fingerprint density at radius 3 is 3.08 bits per heavy atom. The second-order valence-electron chi connectivity index (χ2n) is 3.08. The number of halogens is 1. The number of fused-ring (bicyclic) bond motifs is 1. The molecule has 0 fully saturated rings. The van der Waals surface area contributed by atoms with Crippen molar-refractivity contribution in [2.24, 2.45) is 0 Å². The van der Waals surface area contributed by atoms with Crippen LogP contribution in [0.15, 0.2) is 18.2 Å². The maximum absolute atomic E-state index is 5.71. The van der Waals surface area contributed by atoms with E-state index >= 15 is 0 Å². The minimum absolute atomic E-state index is 0.859. The SMILES string of the molecule is Nc1ccc2c(c1)N(I)CCC2. The number of nitrogens with zero attached hydrogens (tertiary/aromatic N) is 1. The topological polar surface area (TPSA) is 29.3 Å². The Morgan fingerprint density at radius 2 is 2.25 bits per heavy atom. The van der Waals surface area contributed by atoms with Gasteiger partial charge in [-0.25, -0.2) is 0 Å². The normalized spacial score (nSPS) is 15.9. The highest BCUT2D eigenvalue weighted by Gasteiger charge is 2.13. The van der Waals surface area contributed by atoms with Crippen LogP contribution in [0.3, 0.4) is 0 Å². The van der Waals surface area contributed by atoms with E-state index < -0.39 is 0 Å². The molecule has 0 saturated heterocycles. The van der Waals surface area contributed by atoms with Gasteiger partial charge in [0.15, 0.2) is 0 Å². The molecule has 0 spiro atoms. The van der Waals surface area contributed by atoms with Gasteiger partial charge in [0.2, 0.25) is 0 Å². The van der Waals surface area contributed by atoms with E-state index in [9.17, 15) is 0 Å². The number of hydrogen-bond donors (Lipinski definition) is 1. The number of hydrogen-bond acceptors (Lipinski definition) is 2. The van der Waals surface area contributed by atoms with Gasteiger partial charge in [0.1, 0.15) is 0 Å². The molecule has 0 radical (unpaired) electrons. The summed E-state index contributed by atoms with van der Waals surface area (Å²) in [4.78, 5) is 0. The van der Waals surface area contributed by atoms with Gasteiger partial charge in [-0.2, -0.15) is 0 Å². The quantitative estimate of drug-likeness (QED) is 0.447.